The fourth-order valence-electron chi connectivity index (χ4n) is 2.66. The van der Waals surface area contributed by atoms with Crippen LogP contribution in [0.2, 0.25) is 0 Å². The van der Waals surface area contributed by atoms with Crippen LogP contribution in [0.1, 0.15) is 18.1 Å². The molecule has 0 bridgehead atoms. The average molecular weight is 383 g/mol. The Kier molecular flexibility index (Phi) is 5.39. The highest BCUT2D eigenvalue weighted by atomic mass is 16.6. The number of hydrogen-bond acceptors (Lipinski definition) is 7. The molecule has 3 aromatic rings. The molecule has 1 aromatic heterocycles. The standard InChI is InChI=1S/C20H17NO7/c1-12-8-19(22)28-17-10-18(16(21(24)25)9-15(12)17)27-13(2)20(23)26-11-14-6-4-3-5-7-14/h3-10,13H,11H2,1-2H3. The summed E-state index contributed by atoms with van der Waals surface area (Å²) < 4.78 is 15.7. The molecule has 144 valence electrons. The van der Waals surface area contributed by atoms with Crippen molar-refractivity contribution in [3.63, 3.8) is 0 Å². The lowest BCUT2D eigenvalue weighted by Crippen LogP contribution is -2.26. The summed E-state index contributed by atoms with van der Waals surface area (Å²) in [6.45, 7) is 3.13. The summed E-state index contributed by atoms with van der Waals surface area (Å²) in [5.74, 6) is -0.862. The Morgan fingerprint density at radius 2 is 1.93 bits per heavy atom. The molecule has 8 heteroatoms. The third-order valence-electron chi connectivity index (χ3n) is 4.09. The zero-order chi connectivity index (χ0) is 20.3. The maximum Gasteiger partial charge on any atom is 0.347 e. The Hall–Kier alpha value is -3.68. The van der Waals surface area contributed by atoms with Crippen molar-refractivity contribution < 1.29 is 23.6 Å². The number of nitrogens with zero attached hydrogens (tertiary/aromatic N) is 1. The summed E-state index contributed by atoms with van der Waals surface area (Å²) in [6.07, 6.45) is -1.10. The molecule has 0 amide bonds. The van der Waals surface area contributed by atoms with Gasteiger partial charge in [0.15, 0.2) is 6.10 Å². The number of carbonyl (C=O) groups is 1. The summed E-state index contributed by atoms with van der Waals surface area (Å²) in [4.78, 5) is 34.6. The van der Waals surface area contributed by atoms with Crippen LogP contribution >= 0.6 is 0 Å². The van der Waals surface area contributed by atoms with E-state index in [-0.39, 0.29) is 23.6 Å². The van der Waals surface area contributed by atoms with E-state index in [0.717, 1.165) is 5.56 Å². The normalized spacial score (nSPS) is 11.8. The predicted molar refractivity (Wildman–Crippen MR) is 100 cm³/mol. The zero-order valence-electron chi connectivity index (χ0n) is 15.2. The van der Waals surface area contributed by atoms with E-state index >= 15 is 0 Å². The number of nitro groups is 1. The molecule has 0 radical (unpaired) electrons. The molecule has 1 atom stereocenters. The highest BCUT2D eigenvalue weighted by Crippen LogP contribution is 2.33. The van der Waals surface area contributed by atoms with E-state index in [4.69, 9.17) is 13.9 Å². The van der Waals surface area contributed by atoms with E-state index in [0.29, 0.717) is 10.9 Å². The van der Waals surface area contributed by atoms with Crippen LogP contribution in [0.15, 0.2) is 57.7 Å². The van der Waals surface area contributed by atoms with Crippen LogP contribution in [0.5, 0.6) is 5.75 Å². The Balaban J connectivity index is 1.83. The summed E-state index contributed by atoms with van der Waals surface area (Å²) in [6, 6.07) is 12.8. The fraction of sp³-hybridized carbons (Fsp3) is 0.200. The van der Waals surface area contributed by atoms with Gasteiger partial charge in [-0.25, -0.2) is 9.59 Å². The van der Waals surface area contributed by atoms with Gasteiger partial charge in [0, 0.05) is 23.6 Å². The third kappa shape index (κ3) is 4.17. The molecule has 0 fully saturated rings. The van der Waals surface area contributed by atoms with Gasteiger partial charge in [-0.05, 0) is 25.0 Å². The quantitative estimate of drug-likeness (QED) is 0.277. The second kappa shape index (κ2) is 7.91. The SMILES string of the molecule is Cc1cc(=O)oc2cc(OC(C)C(=O)OCc3ccccc3)c([N+](=O)[O-])cc12. The first-order chi connectivity index (χ1) is 13.3. The van der Waals surface area contributed by atoms with Gasteiger partial charge >= 0.3 is 17.3 Å². The maximum atomic E-state index is 12.2. The second-order valence-corrected chi connectivity index (χ2v) is 6.18. The number of hydrogen-bond donors (Lipinski definition) is 0. The van der Waals surface area contributed by atoms with Crippen LogP contribution in [0.4, 0.5) is 5.69 Å². The van der Waals surface area contributed by atoms with Crippen molar-refractivity contribution >= 4 is 22.6 Å². The molecule has 28 heavy (non-hydrogen) atoms. The van der Waals surface area contributed by atoms with Crippen LogP contribution in [-0.4, -0.2) is 17.0 Å². The Labute approximate surface area is 159 Å². The lowest BCUT2D eigenvalue weighted by molar-refractivity contribution is -0.385. The molecule has 0 saturated carbocycles. The number of rotatable bonds is 6. The topological polar surface area (TPSA) is 109 Å². The Morgan fingerprint density at radius 1 is 1.21 bits per heavy atom. The van der Waals surface area contributed by atoms with Crippen LogP contribution < -0.4 is 10.4 Å². The average Bonchev–Trinajstić information content (AvgIpc) is 2.66. The van der Waals surface area contributed by atoms with Crippen molar-refractivity contribution in [1.82, 2.24) is 0 Å². The minimum atomic E-state index is -1.10. The summed E-state index contributed by atoms with van der Waals surface area (Å²) in [5, 5.41) is 11.8. The van der Waals surface area contributed by atoms with Crippen LogP contribution in [0.3, 0.4) is 0 Å². The number of aryl methyl sites for hydroxylation is 1. The van der Waals surface area contributed by atoms with Crippen molar-refractivity contribution in [2.75, 3.05) is 0 Å². The van der Waals surface area contributed by atoms with E-state index in [2.05, 4.69) is 0 Å². The van der Waals surface area contributed by atoms with Gasteiger partial charge in [0.25, 0.3) is 0 Å². The van der Waals surface area contributed by atoms with Gasteiger partial charge in [0.1, 0.15) is 12.2 Å². The van der Waals surface area contributed by atoms with Crippen LogP contribution in [-0.2, 0) is 16.1 Å². The monoisotopic (exact) mass is 383 g/mol. The number of benzene rings is 2. The molecular weight excluding hydrogens is 366 g/mol. The smallest absolute Gasteiger partial charge is 0.347 e. The summed E-state index contributed by atoms with van der Waals surface area (Å²) >= 11 is 0. The van der Waals surface area contributed by atoms with Crippen molar-refractivity contribution in [1.29, 1.82) is 0 Å². The predicted octanol–water partition coefficient (Wildman–Crippen LogP) is 3.52. The van der Waals surface area contributed by atoms with Gasteiger partial charge in [-0.1, -0.05) is 30.3 Å². The van der Waals surface area contributed by atoms with E-state index in [1.54, 1.807) is 19.1 Å². The summed E-state index contributed by atoms with van der Waals surface area (Å²) in [7, 11) is 0. The van der Waals surface area contributed by atoms with E-state index < -0.39 is 22.6 Å². The second-order valence-electron chi connectivity index (χ2n) is 6.18. The van der Waals surface area contributed by atoms with Crippen molar-refractivity contribution in [2.45, 2.75) is 26.6 Å². The number of esters is 1. The van der Waals surface area contributed by atoms with Crippen LogP contribution in [0.25, 0.3) is 11.0 Å². The highest BCUT2D eigenvalue weighted by Gasteiger charge is 2.24. The first-order valence-corrected chi connectivity index (χ1v) is 8.45. The Bertz CT molecular complexity index is 1090. The lowest BCUT2D eigenvalue weighted by atomic mass is 10.1. The van der Waals surface area contributed by atoms with Gasteiger partial charge in [-0.15, -0.1) is 0 Å². The van der Waals surface area contributed by atoms with Gasteiger partial charge in [-0.3, -0.25) is 10.1 Å². The number of fused-ring (bicyclic) bond motifs is 1. The molecule has 2 aromatic carbocycles. The number of nitro benzene ring substituents is 1. The Morgan fingerprint density at radius 3 is 2.61 bits per heavy atom. The van der Waals surface area contributed by atoms with Crippen molar-refractivity contribution in [3.8, 4) is 5.75 Å². The molecule has 0 saturated heterocycles. The van der Waals surface area contributed by atoms with Crippen molar-refractivity contribution in [2.24, 2.45) is 0 Å². The fourth-order valence-corrected chi connectivity index (χ4v) is 2.66. The maximum absolute atomic E-state index is 12.2. The van der Waals surface area contributed by atoms with Crippen LogP contribution in [0, 0.1) is 17.0 Å². The molecule has 0 aliphatic rings. The first-order valence-electron chi connectivity index (χ1n) is 8.45. The molecule has 0 N–H and O–H groups in total. The van der Waals surface area contributed by atoms with E-state index in [9.17, 15) is 19.7 Å². The van der Waals surface area contributed by atoms with Gasteiger partial charge < -0.3 is 13.9 Å². The minimum absolute atomic E-state index is 0.0568. The van der Waals surface area contributed by atoms with Crippen molar-refractivity contribution in [3.05, 3.63) is 80.2 Å². The van der Waals surface area contributed by atoms with Gasteiger partial charge in [0.2, 0.25) is 5.75 Å². The van der Waals surface area contributed by atoms with E-state index in [1.807, 2.05) is 18.2 Å². The zero-order valence-corrected chi connectivity index (χ0v) is 15.2. The largest absolute Gasteiger partial charge is 0.472 e. The first kappa shape index (κ1) is 19.1. The highest BCUT2D eigenvalue weighted by molar-refractivity contribution is 5.85. The molecular formula is C20H17NO7. The molecule has 3 rings (SSSR count). The molecule has 0 aliphatic carbocycles. The third-order valence-corrected chi connectivity index (χ3v) is 4.09. The lowest BCUT2D eigenvalue weighted by Gasteiger charge is -2.14. The number of ether oxygens (including phenoxy) is 2. The molecule has 1 unspecified atom stereocenters. The molecule has 1 heterocycles. The van der Waals surface area contributed by atoms with Gasteiger partial charge in [-0.2, -0.15) is 0 Å². The van der Waals surface area contributed by atoms with Gasteiger partial charge in [0.05, 0.1) is 4.92 Å². The van der Waals surface area contributed by atoms with E-state index in [1.165, 1.54) is 25.1 Å². The minimum Gasteiger partial charge on any atom is -0.472 e. The number of carbonyl (C=O) groups excluding carboxylic acids is 1. The molecule has 8 nitrogen and oxygen atoms in total. The summed E-state index contributed by atoms with van der Waals surface area (Å²) in [5.41, 5.74) is 0.552. The molecule has 0 aliphatic heterocycles. The molecule has 0 spiro atoms.